The standard InChI is InChI=1S/C9H14N2O/c1-9(2)4-3-6(9)7-5-8(10)11-12-7/h5-6H,3-4H2,1-2H3,(H2,10,11). The molecule has 0 radical (unpaired) electrons. The molecule has 1 atom stereocenters. The number of rotatable bonds is 1. The minimum absolute atomic E-state index is 0.367. The molecule has 12 heavy (non-hydrogen) atoms. The van der Waals surface area contributed by atoms with Gasteiger partial charge in [0.2, 0.25) is 0 Å². The summed E-state index contributed by atoms with van der Waals surface area (Å²) in [4.78, 5) is 0. The molecule has 0 spiro atoms. The van der Waals surface area contributed by atoms with Gasteiger partial charge < -0.3 is 10.3 Å². The molecule has 1 aliphatic rings. The van der Waals surface area contributed by atoms with Crippen molar-refractivity contribution in [2.24, 2.45) is 5.41 Å². The predicted molar refractivity (Wildman–Crippen MR) is 46.7 cm³/mol. The molecule has 2 rings (SSSR count). The van der Waals surface area contributed by atoms with E-state index in [0.717, 1.165) is 5.76 Å². The highest BCUT2D eigenvalue weighted by atomic mass is 16.5. The van der Waals surface area contributed by atoms with Crippen molar-refractivity contribution in [3.05, 3.63) is 11.8 Å². The molecule has 1 unspecified atom stereocenters. The van der Waals surface area contributed by atoms with E-state index in [4.69, 9.17) is 10.3 Å². The SMILES string of the molecule is CC1(C)CCC1c1cc(N)no1. The molecule has 0 amide bonds. The van der Waals surface area contributed by atoms with Gasteiger partial charge in [0.25, 0.3) is 0 Å². The van der Waals surface area contributed by atoms with Crippen molar-refractivity contribution in [2.75, 3.05) is 5.73 Å². The van der Waals surface area contributed by atoms with Crippen LogP contribution in [0.15, 0.2) is 10.6 Å². The molecule has 0 aromatic carbocycles. The molecule has 1 saturated carbocycles. The summed E-state index contributed by atoms with van der Waals surface area (Å²) in [6.07, 6.45) is 2.46. The molecule has 3 nitrogen and oxygen atoms in total. The van der Waals surface area contributed by atoms with Gasteiger partial charge in [-0.1, -0.05) is 19.0 Å². The smallest absolute Gasteiger partial charge is 0.167 e. The fraction of sp³-hybridized carbons (Fsp3) is 0.667. The van der Waals surface area contributed by atoms with E-state index in [9.17, 15) is 0 Å². The number of aromatic nitrogens is 1. The van der Waals surface area contributed by atoms with Crippen LogP contribution in [0.5, 0.6) is 0 Å². The van der Waals surface area contributed by atoms with Crippen LogP contribution in [0.3, 0.4) is 0 Å². The number of nitrogens with two attached hydrogens (primary N) is 1. The highest BCUT2D eigenvalue weighted by Crippen LogP contribution is 2.52. The van der Waals surface area contributed by atoms with Gasteiger partial charge in [0.05, 0.1) is 0 Å². The van der Waals surface area contributed by atoms with Crippen LogP contribution in [-0.4, -0.2) is 5.16 Å². The van der Waals surface area contributed by atoms with Gasteiger partial charge in [-0.3, -0.25) is 0 Å². The molecular formula is C9H14N2O. The lowest BCUT2D eigenvalue weighted by molar-refractivity contribution is 0.113. The molecule has 1 fully saturated rings. The molecule has 1 aromatic rings. The van der Waals surface area contributed by atoms with Crippen molar-refractivity contribution >= 4 is 5.82 Å². The summed E-state index contributed by atoms with van der Waals surface area (Å²) in [5, 5.41) is 3.69. The van der Waals surface area contributed by atoms with E-state index in [0.29, 0.717) is 17.2 Å². The Kier molecular flexibility index (Phi) is 1.43. The zero-order valence-electron chi connectivity index (χ0n) is 7.50. The molecule has 0 aliphatic heterocycles. The van der Waals surface area contributed by atoms with Crippen molar-refractivity contribution < 1.29 is 4.52 Å². The predicted octanol–water partition coefficient (Wildman–Crippen LogP) is 2.16. The lowest BCUT2D eigenvalue weighted by Crippen LogP contribution is -2.32. The van der Waals surface area contributed by atoms with Crippen LogP contribution in [0.4, 0.5) is 5.82 Å². The molecule has 1 aliphatic carbocycles. The van der Waals surface area contributed by atoms with E-state index in [1.165, 1.54) is 12.8 Å². The van der Waals surface area contributed by atoms with E-state index < -0.39 is 0 Å². The number of anilines is 1. The summed E-state index contributed by atoms with van der Waals surface area (Å²) in [6, 6.07) is 1.84. The summed E-state index contributed by atoms with van der Waals surface area (Å²) in [6.45, 7) is 4.50. The normalized spacial score (nSPS) is 26.7. The van der Waals surface area contributed by atoms with E-state index in [1.807, 2.05) is 6.07 Å². The lowest BCUT2D eigenvalue weighted by atomic mass is 9.62. The first-order valence-corrected chi connectivity index (χ1v) is 4.32. The topological polar surface area (TPSA) is 52.0 Å². The Bertz CT molecular complexity index is 290. The minimum Gasteiger partial charge on any atom is -0.381 e. The maximum Gasteiger partial charge on any atom is 0.167 e. The molecule has 0 bridgehead atoms. The second kappa shape index (κ2) is 2.25. The third-order valence-corrected chi connectivity index (χ3v) is 2.91. The average Bonchev–Trinajstić information content (AvgIpc) is 2.34. The Morgan fingerprint density at radius 1 is 1.67 bits per heavy atom. The fourth-order valence-electron chi connectivity index (χ4n) is 1.86. The Morgan fingerprint density at radius 2 is 2.42 bits per heavy atom. The van der Waals surface area contributed by atoms with Crippen molar-refractivity contribution in [1.82, 2.24) is 5.16 Å². The summed E-state index contributed by atoms with van der Waals surface area (Å²) in [7, 11) is 0. The van der Waals surface area contributed by atoms with Crippen LogP contribution >= 0.6 is 0 Å². The fourth-order valence-corrected chi connectivity index (χ4v) is 1.86. The molecule has 1 heterocycles. The van der Waals surface area contributed by atoms with Crippen LogP contribution < -0.4 is 5.73 Å². The first-order valence-electron chi connectivity index (χ1n) is 4.32. The van der Waals surface area contributed by atoms with Gasteiger partial charge in [-0.2, -0.15) is 0 Å². The number of hydrogen-bond donors (Lipinski definition) is 1. The van der Waals surface area contributed by atoms with Crippen LogP contribution in [0.1, 0.15) is 38.4 Å². The second-order valence-corrected chi connectivity index (χ2v) is 4.23. The van der Waals surface area contributed by atoms with E-state index in [-0.39, 0.29) is 0 Å². The maximum atomic E-state index is 5.48. The first kappa shape index (κ1) is 7.65. The maximum absolute atomic E-state index is 5.48. The molecule has 1 aromatic heterocycles. The highest BCUT2D eigenvalue weighted by molar-refractivity contribution is 5.29. The zero-order chi connectivity index (χ0) is 8.77. The first-order chi connectivity index (χ1) is 5.59. The lowest BCUT2D eigenvalue weighted by Gasteiger charge is -2.42. The number of nitrogen functional groups attached to an aromatic ring is 1. The van der Waals surface area contributed by atoms with E-state index in [1.54, 1.807) is 0 Å². The molecule has 66 valence electrons. The van der Waals surface area contributed by atoms with Crippen LogP contribution in [0.25, 0.3) is 0 Å². The van der Waals surface area contributed by atoms with Gasteiger partial charge in [-0.15, -0.1) is 0 Å². The number of nitrogens with zero attached hydrogens (tertiary/aromatic N) is 1. The van der Waals surface area contributed by atoms with Gasteiger partial charge in [-0.05, 0) is 18.3 Å². The van der Waals surface area contributed by atoms with Crippen molar-refractivity contribution in [3.8, 4) is 0 Å². The third-order valence-electron chi connectivity index (χ3n) is 2.91. The molecule has 0 saturated heterocycles. The Morgan fingerprint density at radius 3 is 2.75 bits per heavy atom. The molecule has 2 N–H and O–H groups in total. The van der Waals surface area contributed by atoms with Gasteiger partial charge in [0, 0.05) is 12.0 Å². The highest BCUT2D eigenvalue weighted by Gasteiger charge is 2.41. The Balaban J connectivity index is 2.21. The second-order valence-electron chi connectivity index (χ2n) is 4.23. The molecule has 3 heteroatoms. The summed E-state index contributed by atoms with van der Waals surface area (Å²) in [5.41, 5.74) is 5.85. The monoisotopic (exact) mass is 166 g/mol. The van der Waals surface area contributed by atoms with E-state index >= 15 is 0 Å². The Hall–Kier alpha value is -0.990. The summed E-state index contributed by atoms with van der Waals surface area (Å²) < 4.78 is 5.13. The van der Waals surface area contributed by atoms with Crippen LogP contribution in [0.2, 0.25) is 0 Å². The largest absolute Gasteiger partial charge is 0.381 e. The van der Waals surface area contributed by atoms with E-state index in [2.05, 4.69) is 19.0 Å². The summed E-state index contributed by atoms with van der Waals surface area (Å²) >= 11 is 0. The molecular weight excluding hydrogens is 152 g/mol. The van der Waals surface area contributed by atoms with Gasteiger partial charge >= 0.3 is 0 Å². The minimum atomic E-state index is 0.367. The van der Waals surface area contributed by atoms with Crippen molar-refractivity contribution in [3.63, 3.8) is 0 Å². The van der Waals surface area contributed by atoms with Crippen molar-refractivity contribution in [1.29, 1.82) is 0 Å². The van der Waals surface area contributed by atoms with Crippen LogP contribution in [0, 0.1) is 5.41 Å². The number of hydrogen-bond acceptors (Lipinski definition) is 3. The van der Waals surface area contributed by atoms with Gasteiger partial charge in [0.15, 0.2) is 5.82 Å². The third kappa shape index (κ3) is 1.00. The van der Waals surface area contributed by atoms with Gasteiger partial charge in [-0.25, -0.2) is 0 Å². The Labute approximate surface area is 71.9 Å². The van der Waals surface area contributed by atoms with Gasteiger partial charge in [0.1, 0.15) is 5.76 Å². The van der Waals surface area contributed by atoms with Crippen LogP contribution in [-0.2, 0) is 0 Å². The zero-order valence-corrected chi connectivity index (χ0v) is 7.50. The quantitative estimate of drug-likeness (QED) is 0.695. The average molecular weight is 166 g/mol. The van der Waals surface area contributed by atoms with Crippen molar-refractivity contribution in [2.45, 2.75) is 32.6 Å². The summed E-state index contributed by atoms with van der Waals surface area (Å²) in [5.74, 6) is 1.96.